The SMILES string of the molecule is CCCN1C(C(=O)O)CNS1(=O)=O. The number of nitrogens with zero attached hydrogens (tertiary/aromatic N) is 1. The molecule has 6 nitrogen and oxygen atoms in total. The molecule has 2 N–H and O–H groups in total. The van der Waals surface area contributed by atoms with E-state index >= 15 is 0 Å². The largest absolute Gasteiger partial charge is 0.480 e. The van der Waals surface area contributed by atoms with E-state index in [2.05, 4.69) is 4.72 Å². The lowest BCUT2D eigenvalue weighted by Gasteiger charge is -2.16. The van der Waals surface area contributed by atoms with E-state index in [1.54, 1.807) is 6.92 Å². The van der Waals surface area contributed by atoms with Crippen LogP contribution >= 0.6 is 0 Å². The Labute approximate surface area is 76.7 Å². The Kier molecular flexibility index (Phi) is 2.89. The predicted molar refractivity (Wildman–Crippen MR) is 45.3 cm³/mol. The van der Waals surface area contributed by atoms with Gasteiger partial charge in [0.15, 0.2) is 0 Å². The smallest absolute Gasteiger partial charge is 0.323 e. The summed E-state index contributed by atoms with van der Waals surface area (Å²) in [5, 5.41) is 8.70. The molecule has 0 aromatic rings. The van der Waals surface area contributed by atoms with Gasteiger partial charge in [-0.25, -0.2) is 0 Å². The topological polar surface area (TPSA) is 86.7 Å². The zero-order valence-corrected chi connectivity index (χ0v) is 8.04. The Morgan fingerprint density at radius 1 is 1.69 bits per heavy atom. The monoisotopic (exact) mass is 208 g/mol. The molecule has 0 radical (unpaired) electrons. The van der Waals surface area contributed by atoms with Crippen LogP contribution in [0.25, 0.3) is 0 Å². The van der Waals surface area contributed by atoms with Crippen molar-refractivity contribution in [3.8, 4) is 0 Å². The van der Waals surface area contributed by atoms with E-state index in [4.69, 9.17) is 5.11 Å². The molecule has 1 heterocycles. The van der Waals surface area contributed by atoms with Crippen molar-refractivity contribution >= 4 is 16.2 Å². The van der Waals surface area contributed by atoms with Gasteiger partial charge in [0, 0.05) is 13.1 Å². The number of hydrogen-bond acceptors (Lipinski definition) is 3. The summed E-state index contributed by atoms with van der Waals surface area (Å²) in [5.74, 6) is -1.11. The maximum atomic E-state index is 11.2. The fourth-order valence-corrected chi connectivity index (χ4v) is 2.70. The third-order valence-electron chi connectivity index (χ3n) is 1.84. The molecule has 1 saturated heterocycles. The van der Waals surface area contributed by atoms with E-state index < -0.39 is 22.2 Å². The summed E-state index contributed by atoms with van der Waals surface area (Å²) in [7, 11) is -3.54. The van der Waals surface area contributed by atoms with Gasteiger partial charge in [-0.15, -0.1) is 0 Å². The maximum absolute atomic E-state index is 11.2. The minimum atomic E-state index is -3.54. The molecule has 0 amide bonds. The van der Waals surface area contributed by atoms with Crippen LogP contribution in [0.15, 0.2) is 0 Å². The molecule has 76 valence electrons. The van der Waals surface area contributed by atoms with Gasteiger partial charge in [0.2, 0.25) is 0 Å². The average molecular weight is 208 g/mol. The Morgan fingerprint density at radius 3 is 2.77 bits per heavy atom. The van der Waals surface area contributed by atoms with Crippen molar-refractivity contribution in [3.05, 3.63) is 0 Å². The molecule has 1 fully saturated rings. The van der Waals surface area contributed by atoms with Crippen molar-refractivity contribution in [1.29, 1.82) is 0 Å². The van der Waals surface area contributed by atoms with Crippen LogP contribution < -0.4 is 4.72 Å². The lowest BCUT2D eigenvalue weighted by Crippen LogP contribution is -2.40. The summed E-state index contributed by atoms with van der Waals surface area (Å²) < 4.78 is 25.6. The molecule has 13 heavy (non-hydrogen) atoms. The minimum Gasteiger partial charge on any atom is -0.480 e. The first-order valence-corrected chi connectivity index (χ1v) is 5.42. The molecule has 1 aliphatic rings. The van der Waals surface area contributed by atoms with Crippen LogP contribution in [0.1, 0.15) is 13.3 Å². The van der Waals surface area contributed by atoms with E-state index in [1.165, 1.54) is 0 Å². The summed E-state index contributed by atoms with van der Waals surface area (Å²) in [6.07, 6.45) is 0.602. The Balaban J connectivity index is 2.86. The molecule has 0 saturated carbocycles. The standard InChI is InChI=1S/C6H12N2O4S/c1-2-3-8-5(6(9)10)4-7-13(8,11)12/h5,7H,2-4H2,1H3,(H,9,10). The molecular formula is C6H12N2O4S. The lowest BCUT2D eigenvalue weighted by atomic mass is 10.3. The van der Waals surface area contributed by atoms with Gasteiger partial charge >= 0.3 is 5.97 Å². The van der Waals surface area contributed by atoms with Crippen molar-refractivity contribution < 1.29 is 18.3 Å². The maximum Gasteiger partial charge on any atom is 0.323 e. The lowest BCUT2D eigenvalue weighted by molar-refractivity contribution is -0.140. The second-order valence-corrected chi connectivity index (χ2v) is 4.53. The summed E-state index contributed by atoms with van der Waals surface area (Å²) in [6, 6.07) is -0.954. The first-order valence-electron chi connectivity index (χ1n) is 3.98. The van der Waals surface area contributed by atoms with Crippen LogP contribution in [-0.2, 0) is 15.0 Å². The fraction of sp³-hybridized carbons (Fsp3) is 0.833. The van der Waals surface area contributed by atoms with Crippen molar-refractivity contribution in [3.63, 3.8) is 0 Å². The quantitative estimate of drug-likeness (QED) is 0.622. The van der Waals surface area contributed by atoms with Gasteiger partial charge in [0.25, 0.3) is 10.2 Å². The Hall–Kier alpha value is -0.660. The van der Waals surface area contributed by atoms with Crippen LogP contribution in [0.2, 0.25) is 0 Å². The molecule has 1 unspecified atom stereocenters. The van der Waals surface area contributed by atoms with Gasteiger partial charge in [-0.2, -0.15) is 17.4 Å². The molecule has 0 aromatic heterocycles. The minimum absolute atomic E-state index is 0.0440. The zero-order valence-electron chi connectivity index (χ0n) is 7.23. The van der Waals surface area contributed by atoms with Gasteiger partial charge in [-0.1, -0.05) is 6.92 Å². The highest BCUT2D eigenvalue weighted by Gasteiger charge is 2.40. The number of rotatable bonds is 3. The van der Waals surface area contributed by atoms with Crippen LogP contribution in [-0.4, -0.2) is 42.9 Å². The highest BCUT2D eigenvalue weighted by atomic mass is 32.2. The van der Waals surface area contributed by atoms with Crippen molar-refractivity contribution in [2.45, 2.75) is 19.4 Å². The zero-order chi connectivity index (χ0) is 10.1. The first kappa shape index (κ1) is 10.4. The van der Waals surface area contributed by atoms with Gasteiger partial charge in [0.05, 0.1) is 0 Å². The molecule has 0 aromatic carbocycles. The highest BCUT2D eigenvalue weighted by Crippen LogP contribution is 2.13. The molecule has 1 aliphatic heterocycles. The Morgan fingerprint density at radius 2 is 2.31 bits per heavy atom. The molecule has 7 heteroatoms. The van der Waals surface area contributed by atoms with Gasteiger partial charge < -0.3 is 5.11 Å². The molecule has 0 spiro atoms. The number of carboxylic acids is 1. The second-order valence-electron chi connectivity index (χ2n) is 2.82. The molecule has 0 aliphatic carbocycles. The second kappa shape index (κ2) is 3.60. The van der Waals surface area contributed by atoms with E-state index in [-0.39, 0.29) is 13.1 Å². The highest BCUT2D eigenvalue weighted by molar-refractivity contribution is 7.87. The van der Waals surface area contributed by atoms with E-state index in [9.17, 15) is 13.2 Å². The average Bonchev–Trinajstić information content (AvgIpc) is 2.29. The molecule has 1 atom stereocenters. The van der Waals surface area contributed by atoms with Crippen LogP contribution in [0.4, 0.5) is 0 Å². The third kappa shape index (κ3) is 1.98. The van der Waals surface area contributed by atoms with Crippen LogP contribution in [0.5, 0.6) is 0 Å². The van der Waals surface area contributed by atoms with E-state index in [1.807, 2.05) is 0 Å². The fourth-order valence-electron chi connectivity index (χ4n) is 1.24. The summed E-state index contributed by atoms with van der Waals surface area (Å²) in [5.41, 5.74) is 0. The summed E-state index contributed by atoms with van der Waals surface area (Å²) in [4.78, 5) is 10.6. The van der Waals surface area contributed by atoms with Crippen molar-refractivity contribution in [1.82, 2.24) is 9.03 Å². The van der Waals surface area contributed by atoms with Gasteiger partial charge in [-0.3, -0.25) is 4.79 Å². The van der Waals surface area contributed by atoms with Gasteiger partial charge in [-0.05, 0) is 6.42 Å². The number of aliphatic carboxylic acids is 1. The molecular weight excluding hydrogens is 196 g/mol. The molecule has 0 bridgehead atoms. The van der Waals surface area contributed by atoms with E-state index in [0.29, 0.717) is 6.42 Å². The predicted octanol–water partition coefficient (Wildman–Crippen LogP) is -1.00. The number of nitrogens with one attached hydrogen (secondary N) is 1. The van der Waals surface area contributed by atoms with Crippen LogP contribution in [0.3, 0.4) is 0 Å². The third-order valence-corrected chi connectivity index (χ3v) is 3.43. The summed E-state index contributed by atoms with van der Waals surface area (Å²) >= 11 is 0. The normalized spacial score (nSPS) is 27.6. The van der Waals surface area contributed by atoms with Crippen molar-refractivity contribution in [2.75, 3.05) is 13.1 Å². The summed E-state index contributed by atoms with van der Waals surface area (Å²) in [6.45, 7) is 2.00. The van der Waals surface area contributed by atoms with Gasteiger partial charge in [0.1, 0.15) is 6.04 Å². The molecule has 1 rings (SSSR count). The first-order chi connectivity index (χ1) is 5.99. The van der Waals surface area contributed by atoms with Crippen molar-refractivity contribution in [2.24, 2.45) is 0 Å². The van der Waals surface area contributed by atoms with E-state index in [0.717, 1.165) is 4.31 Å². The number of hydrogen-bond donors (Lipinski definition) is 2. The van der Waals surface area contributed by atoms with Crippen LogP contribution in [0, 0.1) is 0 Å². The Bertz CT molecular complexity index is 300. The number of carboxylic acid groups (broad SMARTS) is 1. The number of carbonyl (C=O) groups is 1.